The third kappa shape index (κ3) is 3.10. The predicted molar refractivity (Wildman–Crippen MR) is 63.3 cm³/mol. The van der Waals surface area contributed by atoms with Gasteiger partial charge < -0.3 is 14.4 Å². The lowest BCUT2D eigenvalue weighted by molar-refractivity contribution is -0.137. The molecular weight excluding hydrogens is 236 g/mol. The van der Waals surface area contributed by atoms with Crippen molar-refractivity contribution in [3.63, 3.8) is 0 Å². The molecule has 1 aromatic heterocycles. The van der Waals surface area contributed by atoms with Crippen LogP contribution in [0.5, 0.6) is 0 Å². The third-order valence-electron chi connectivity index (χ3n) is 3.07. The van der Waals surface area contributed by atoms with E-state index in [1.807, 2.05) is 0 Å². The molecule has 1 aliphatic rings. The van der Waals surface area contributed by atoms with Gasteiger partial charge in [-0.05, 0) is 6.07 Å². The van der Waals surface area contributed by atoms with Gasteiger partial charge in [-0.2, -0.15) is 0 Å². The van der Waals surface area contributed by atoms with Crippen molar-refractivity contribution in [1.29, 1.82) is 0 Å². The Balaban J connectivity index is 1.80. The molecule has 0 spiro atoms. The first-order valence-corrected chi connectivity index (χ1v) is 5.92. The van der Waals surface area contributed by atoms with Crippen molar-refractivity contribution in [3.05, 3.63) is 24.2 Å². The van der Waals surface area contributed by atoms with Crippen molar-refractivity contribution in [1.82, 2.24) is 9.80 Å². The standard InChI is InChI=1S/C12H16N2O4/c15-11(16)1-3-13-4-6-14(7-5-13)12(17)10-2-8-18-9-10/h2,8-9H,1,3-7H2,(H,15,16). The fourth-order valence-electron chi connectivity index (χ4n) is 2.00. The molecule has 1 aromatic rings. The van der Waals surface area contributed by atoms with Crippen LogP contribution < -0.4 is 0 Å². The highest BCUT2D eigenvalue weighted by Crippen LogP contribution is 2.09. The van der Waals surface area contributed by atoms with Crippen LogP contribution in [0.3, 0.4) is 0 Å². The molecule has 2 rings (SSSR count). The van der Waals surface area contributed by atoms with Crippen LogP contribution in [0.2, 0.25) is 0 Å². The SMILES string of the molecule is O=C(O)CCN1CCN(C(=O)c2ccoc2)CC1. The van der Waals surface area contributed by atoms with Crippen molar-refractivity contribution >= 4 is 11.9 Å². The second kappa shape index (κ2) is 5.68. The number of rotatable bonds is 4. The Morgan fingerprint density at radius 1 is 1.28 bits per heavy atom. The molecule has 98 valence electrons. The Labute approximate surface area is 105 Å². The van der Waals surface area contributed by atoms with Gasteiger partial charge in [-0.1, -0.05) is 0 Å². The van der Waals surface area contributed by atoms with Crippen molar-refractivity contribution in [2.75, 3.05) is 32.7 Å². The van der Waals surface area contributed by atoms with Crippen LogP contribution in [0, 0.1) is 0 Å². The highest BCUT2D eigenvalue weighted by molar-refractivity contribution is 5.93. The van der Waals surface area contributed by atoms with E-state index in [1.54, 1.807) is 11.0 Å². The maximum absolute atomic E-state index is 12.0. The second-order valence-electron chi connectivity index (χ2n) is 4.29. The minimum atomic E-state index is -0.785. The molecule has 0 atom stereocenters. The zero-order valence-corrected chi connectivity index (χ0v) is 10.0. The summed E-state index contributed by atoms with van der Waals surface area (Å²) in [5.41, 5.74) is 0.564. The lowest BCUT2D eigenvalue weighted by Crippen LogP contribution is -2.49. The predicted octanol–water partition coefficient (Wildman–Crippen LogP) is 0.512. The van der Waals surface area contributed by atoms with Gasteiger partial charge in [0.2, 0.25) is 0 Å². The van der Waals surface area contributed by atoms with Gasteiger partial charge in [0.25, 0.3) is 5.91 Å². The Kier molecular flexibility index (Phi) is 3.99. The minimum absolute atomic E-state index is 0.0263. The molecule has 1 fully saturated rings. The number of nitrogens with zero attached hydrogens (tertiary/aromatic N) is 2. The van der Waals surface area contributed by atoms with Gasteiger partial charge in [0.05, 0.1) is 18.2 Å². The first-order chi connectivity index (χ1) is 8.66. The summed E-state index contributed by atoms with van der Waals surface area (Å²) in [6.07, 6.45) is 3.07. The lowest BCUT2D eigenvalue weighted by atomic mass is 10.2. The fraction of sp³-hybridized carbons (Fsp3) is 0.500. The van der Waals surface area contributed by atoms with Gasteiger partial charge in [-0.3, -0.25) is 14.5 Å². The van der Waals surface area contributed by atoms with E-state index in [-0.39, 0.29) is 12.3 Å². The summed E-state index contributed by atoms with van der Waals surface area (Å²) < 4.78 is 4.89. The van der Waals surface area contributed by atoms with Crippen molar-refractivity contribution in [3.8, 4) is 0 Å². The second-order valence-corrected chi connectivity index (χ2v) is 4.29. The van der Waals surface area contributed by atoms with Gasteiger partial charge >= 0.3 is 5.97 Å². The van der Waals surface area contributed by atoms with E-state index in [0.29, 0.717) is 25.2 Å². The van der Waals surface area contributed by atoms with Crippen molar-refractivity contribution in [2.24, 2.45) is 0 Å². The summed E-state index contributed by atoms with van der Waals surface area (Å²) in [5.74, 6) is -0.812. The molecule has 0 bridgehead atoms. The first kappa shape index (κ1) is 12.6. The van der Waals surface area contributed by atoms with Gasteiger partial charge in [0.15, 0.2) is 0 Å². The average Bonchev–Trinajstić information content (AvgIpc) is 2.90. The van der Waals surface area contributed by atoms with Gasteiger partial charge in [-0.15, -0.1) is 0 Å². The van der Waals surface area contributed by atoms with Crippen LogP contribution in [-0.4, -0.2) is 59.5 Å². The monoisotopic (exact) mass is 252 g/mol. The van der Waals surface area contributed by atoms with Crippen LogP contribution in [0.4, 0.5) is 0 Å². The van der Waals surface area contributed by atoms with Crippen LogP contribution >= 0.6 is 0 Å². The number of furan rings is 1. The van der Waals surface area contributed by atoms with E-state index >= 15 is 0 Å². The first-order valence-electron chi connectivity index (χ1n) is 5.92. The fourth-order valence-corrected chi connectivity index (χ4v) is 2.00. The van der Waals surface area contributed by atoms with Gasteiger partial charge in [0, 0.05) is 32.7 Å². The normalized spacial score (nSPS) is 16.8. The number of amides is 1. The summed E-state index contributed by atoms with van der Waals surface area (Å²) in [5, 5.41) is 8.61. The number of hydrogen-bond donors (Lipinski definition) is 1. The van der Waals surface area contributed by atoms with E-state index in [4.69, 9.17) is 9.52 Å². The zero-order valence-electron chi connectivity index (χ0n) is 10.0. The van der Waals surface area contributed by atoms with Crippen molar-refractivity contribution in [2.45, 2.75) is 6.42 Å². The minimum Gasteiger partial charge on any atom is -0.481 e. The highest BCUT2D eigenvalue weighted by atomic mass is 16.4. The molecule has 0 radical (unpaired) electrons. The summed E-state index contributed by atoms with van der Waals surface area (Å²) >= 11 is 0. The largest absolute Gasteiger partial charge is 0.481 e. The smallest absolute Gasteiger partial charge is 0.304 e. The number of carbonyl (C=O) groups excluding carboxylic acids is 1. The molecule has 1 N–H and O–H groups in total. The molecular formula is C12H16N2O4. The van der Waals surface area contributed by atoms with Crippen LogP contribution in [-0.2, 0) is 4.79 Å². The van der Waals surface area contributed by atoms with Gasteiger partial charge in [0.1, 0.15) is 6.26 Å². The van der Waals surface area contributed by atoms with E-state index in [1.165, 1.54) is 12.5 Å². The van der Waals surface area contributed by atoms with Crippen LogP contribution in [0.25, 0.3) is 0 Å². The van der Waals surface area contributed by atoms with E-state index < -0.39 is 5.97 Å². The van der Waals surface area contributed by atoms with E-state index in [0.717, 1.165) is 13.1 Å². The van der Waals surface area contributed by atoms with Gasteiger partial charge in [-0.25, -0.2) is 0 Å². The molecule has 6 heteroatoms. The Morgan fingerprint density at radius 2 is 2.00 bits per heavy atom. The summed E-state index contributed by atoms with van der Waals surface area (Å²) in [6, 6.07) is 1.65. The molecule has 0 aliphatic carbocycles. The van der Waals surface area contributed by atoms with Crippen LogP contribution in [0.1, 0.15) is 16.8 Å². The van der Waals surface area contributed by atoms with E-state index in [9.17, 15) is 9.59 Å². The van der Waals surface area contributed by atoms with Crippen LogP contribution in [0.15, 0.2) is 23.0 Å². The molecule has 1 amide bonds. The highest BCUT2D eigenvalue weighted by Gasteiger charge is 2.22. The number of carbonyl (C=O) groups is 2. The maximum Gasteiger partial charge on any atom is 0.304 e. The number of hydrogen-bond acceptors (Lipinski definition) is 4. The third-order valence-corrected chi connectivity index (χ3v) is 3.07. The Bertz CT molecular complexity index is 408. The molecule has 0 saturated carbocycles. The molecule has 0 aromatic carbocycles. The van der Waals surface area contributed by atoms with Crippen molar-refractivity contribution < 1.29 is 19.1 Å². The Hall–Kier alpha value is -1.82. The quantitative estimate of drug-likeness (QED) is 0.845. The summed E-state index contributed by atoms with van der Waals surface area (Å²) in [7, 11) is 0. The average molecular weight is 252 g/mol. The number of aliphatic carboxylic acids is 1. The maximum atomic E-state index is 12.0. The molecule has 0 unspecified atom stereocenters. The zero-order chi connectivity index (χ0) is 13.0. The number of carboxylic acids is 1. The molecule has 1 saturated heterocycles. The summed E-state index contributed by atoms with van der Waals surface area (Å²) in [4.78, 5) is 26.3. The summed E-state index contributed by atoms with van der Waals surface area (Å²) in [6.45, 7) is 3.24. The Morgan fingerprint density at radius 3 is 2.56 bits per heavy atom. The number of carboxylic acid groups (broad SMARTS) is 1. The molecule has 6 nitrogen and oxygen atoms in total. The topological polar surface area (TPSA) is 74.0 Å². The van der Waals surface area contributed by atoms with E-state index in [2.05, 4.69) is 4.90 Å². The molecule has 18 heavy (non-hydrogen) atoms. The molecule has 1 aliphatic heterocycles. The number of piperazine rings is 1. The lowest BCUT2D eigenvalue weighted by Gasteiger charge is -2.34. The molecule has 2 heterocycles.